The van der Waals surface area contributed by atoms with Crippen LogP contribution in [0.25, 0.3) is 39.5 Å². The van der Waals surface area contributed by atoms with E-state index in [4.69, 9.17) is 4.42 Å². The van der Waals surface area contributed by atoms with Gasteiger partial charge in [0.1, 0.15) is 16.0 Å². The molecule has 772 valence electrons. The molecule has 0 saturated heterocycles. The summed E-state index contributed by atoms with van der Waals surface area (Å²) in [5.74, 6) is 21.0. The molecule has 142 heavy (non-hydrogen) atoms. The summed E-state index contributed by atoms with van der Waals surface area (Å²) < 4.78 is 6.22. The minimum absolute atomic E-state index is 0.213. The topological polar surface area (TPSA) is 58.1 Å². The van der Waals surface area contributed by atoms with Crippen LogP contribution in [0, 0.1) is 94.9 Å². The number of hydrogen-bond acceptors (Lipinski definition) is 10. The summed E-state index contributed by atoms with van der Waals surface area (Å²) in [6.45, 7) is 29.2. The Bertz CT molecular complexity index is 5760. The fourth-order valence-electron chi connectivity index (χ4n) is 16.7. The first-order chi connectivity index (χ1) is 67.4. The van der Waals surface area contributed by atoms with Gasteiger partial charge in [-0.05, 0) is 355 Å². The maximum atomic E-state index is 5.33. The molecule has 1 N–H and O–H groups in total. The summed E-state index contributed by atoms with van der Waals surface area (Å²) in [5.41, 5.74) is 42.6. The zero-order valence-corrected chi connectivity index (χ0v) is 107. The zero-order chi connectivity index (χ0) is 109. The number of hydrogen-bond donors (Lipinski definition) is 1. The maximum Gasteiger partial charge on any atom is 0.129 e. The largest absolute Gasteiger partial charge is 0.464 e. The molecule has 0 fully saturated rings. The fraction of sp³-hybridized carbons (Fsp3) is 0.361. The quantitative estimate of drug-likeness (QED) is 0.0770. The van der Waals surface area contributed by atoms with Crippen molar-refractivity contribution in [3.05, 3.63) is 370 Å². The molecule has 16 rings (SSSR count). The van der Waals surface area contributed by atoms with E-state index in [0.29, 0.717) is 5.92 Å². The minimum atomic E-state index is -0.339. The van der Waals surface area contributed by atoms with E-state index in [9.17, 15) is 0 Å². The van der Waals surface area contributed by atoms with Crippen LogP contribution in [0.5, 0.6) is 0 Å². The summed E-state index contributed by atoms with van der Waals surface area (Å²) in [4.78, 5) is 22.2. The predicted molar refractivity (Wildman–Crippen MR) is 672 cm³/mol. The van der Waals surface area contributed by atoms with Gasteiger partial charge in [-0.25, -0.2) is 0 Å². The van der Waals surface area contributed by atoms with Crippen molar-refractivity contribution in [2.24, 2.45) is 0 Å². The number of aryl methyl sites for hydroxylation is 12. The van der Waals surface area contributed by atoms with E-state index >= 15 is 0 Å². The third kappa shape index (κ3) is 37.6. The number of aromatic amines is 1. The Labute approximate surface area is 937 Å². The van der Waals surface area contributed by atoms with Gasteiger partial charge in [0.25, 0.3) is 0 Å². The van der Waals surface area contributed by atoms with E-state index in [1.165, 1.54) is 173 Å². The van der Waals surface area contributed by atoms with Crippen LogP contribution in [0.15, 0.2) is 245 Å². The monoisotopic (exact) mass is 2500 g/mol. The van der Waals surface area contributed by atoms with Crippen molar-refractivity contribution in [3.8, 4) is 45.2 Å². The molecule has 2 heterocycles. The molecule has 3 aliphatic rings. The second-order valence-electron chi connectivity index (χ2n) is 36.5. The standard InChI is InChI=1S/C29H26BrN.C23H23N.C17H18BrN.C12H17N.C12H15N.C8H14N2.C8H13NO.2C3H9N.7CH3Br/c1-19-5-15-25-26-16-6-20(2)18-28(26)29(27(25)17-19,21-7-11-23(30)12-8-21)22-9-13-24(14-10-22)31(3)4;1-15-5-11-19-20-12-6-16(2)14-22(20)23(21(19)13-15)17-7-9-18(10-8-17)24(3)4;1-11-5-7-13-14-8-6-12(2)10-16(14)17(18,19(3)4)15(13)9-11;2*1-5-6-11-8-7-10(2)9-12(11)13(3)4;1-6-5-8(10(3)4)7(2)9-6;1-6-5-8(9(3)4)7(2)10-6;2*1-4(2)3;7*1-2/h5-18H,1-4H3;5-14,23H,1-4H3;5-10H,1-4H3;5-9H,1-4H3;7-9H,1-4H3;5,9H,1-4H3;5H,1-4H3;2*1-3H3;7*1H3. The number of alkyl halides is 8. The number of allylic oxidation sites excluding steroid dienone is 1. The van der Waals surface area contributed by atoms with Gasteiger partial charge >= 0.3 is 0 Å². The van der Waals surface area contributed by atoms with Crippen LogP contribution in [0.1, 0.15) is 148 Å². The van der Waals surface area contributed by atoms with Crippen molar-refractivity contribution in [3.63, 3.8) is 0 Å². The van der Waals surface area contributed by atoms with Crippen LogP contribution < -0.4 is 29.4 Å². The van der Waals surface area contributed by atoms with Crippen LogP contribution in [0.2, 0.25) is 0 Å². The Hall–Kier alpha value is -7.72. The molecular formula is C122H165Br9N10O. The predicted octanol–water partition coefficient (Wildman–Crippen LogP) is 34.1. The highest BCUT2D eigenvalue weighted by atomic mass is 79.9. The van der Waals surface area contributed by atoms with Crippen molar-refractivity contribution in [1.82, 2.24) is 19.7 Å². The van der Waals surface area contributed by atoms with Crippen LogP contribution in [0.4, 0.5) is 34.1 Å². The summed E-state index contributed by atoms with van der Waals surface area (Å²) in [6, 6.07) is 85.0. The average Bonchev–Trinajstić information content (AvgIpc) is 1.54. The number of halogens is 9. The normalized spacial score (nSPS) is 11.2. The lowest BCUT2D eigenvalue weighted by molar-refractivity contribution is 0.318. The van der Waals surface area contributed by atoms with Gasteiger partial charge in [-0.1, -0.05) is 359 Å². The molecule has 0 bridgehead atoms. The van der Waals surface area contributed by atoms with Crippen molar-refractivity contribution in [1.29, 1.82) is 0 Å². The van der Waals surface area contributed by atoms with Gasteiger partial charge in [0.2, 0.25) is 0 Å². The van der Waals surface area contributed by atoms with Crippen LogP contribution >= 0.6 is 143 Å². The Kier molecular flexibility index (Phi) is 62.6. The molecule has 0 unspecified atom stereocenters. The van der Waals surface area contributed by atoms with Gasteiger partial charge < -0.3 is 48.6 Å². The molecule has 11 nitrogen and oxygen atoms in total. The molecule has 11 aromatic carbocycles. The van der Waals surface area contributed by atoms with E-state index in [-0.39, 0.29) is 9.86 Å². The third-order valence-electron chi connectivity index (χ3n) is 22.6. The van der Waals surface area contributed by atoms with Gasteiger partial charge in [0.05, 0.1) is 22.5 Å². The Morgan fingerprint density at radius 3 is 0.958 bits per heavy atom. The number of anilines is 6. The summed E-state index contributed by atoms with van der Waals surface area (Å²) in [5, 5.41) is 0. The highest BCUT2D eigenvalue weighted by molar-refractivity contribution is 9.11. The molecule has 13 aromatic rings. The molecule has 0 spiro atoms. The maximum absolute atomic E-state index is 5.33. The second kappa shape index (κ2) is 67.2. The second-order valence-corrected chi connectivity index (χ2v) is 38.6. The third-order valence-corrected chi connectivity index (χ3v) is 24.7. The highest BCUT2D eigenvalue weighted by Crippen LogP contribution is 2.58. The number of aromatic nitrogens is 1. The molecule has 2 aromatic heterocycles. The molecular weight excluding hydrogens is 2340 g/mol. The Morgan fingerprint density at radius 1 is 0.331 bits per heavy atom. The van der Waals surface area contributed by atoms with Crippen molar-refractivity contribution >= 4 is 184 Å². The molecule has 0 saturated carbocycles. The molecule has 0 aliphatic heterocycles. The highest BCUT2D eigenvalue weighted by Gasteiger charge is 2.47. The minimum Gasteiger partial charge on any atom is -0.464 e. The van der Waals surface area contributed by atoms with Crippen LogP contribution in [-0.2, 0) is 9.86 Å². The molecule has 0 amide bonds. The van der Waals surface area contributed by atoms with E-state index in [1.807, 2.05) is 160 Å². The number of rotatable bonds is 11. The van der Waals surface area contributed by atoms with Gasteiger partial charge in [-0.15, -0.1) is 5.92 Å². The Balaban J connectivity index is 0.000000825. The van der Waals surface area contributed by atoms with Gasteiger partial charge in [-0.3, -0.25) is 4.90 Å². The average molecular weight is 2510 g/mol. The number of H-pyrrole nitrogens is 1. The smallest absolute Gasteiger partial charge is 0.129 e. The number of nitrogens with one attached hydrogen (secondary N) is 1. The van der Waals surface area contributed by atoms with Crippen molar-refractivity contribution < 1.29 is 4.42 Å². The zero-order valence-electron chi connectivity index (χ0n) is 93.0. The lowest BCUT2D eigenvalue weighted by Gasteiger charge is -2.34. The van der Waals surface area contributed by atoms with E-state index in [1.54, 1.807) is 0 Å². The number of nitrogens with zero attached hydrogens (tertiary/aromatic N) is 9. The SMILES string of the molecule is CBr.CBr.CBr.CBr.CBr.CBr.CBr.CC#Cc1ccc(C)cc1N(C)C.CC=Cc1ccc(C)cc1N(C)C.CN(C)C.CN(C)C.Cc1cc(N(C)C)c(C)[nH]1.Cc1cc(N(C)C)c(C)o1.Cc1ccc2c(c1)C(Br)(N(C)C)c1cc(C)ccc1-2.Cc1ccc2c(c1)C(c1ccc(Br)cc1)(c1ccc(N(C)C)cc1)c1cc(C)ccc1-2.Cc1ccc2c(c1)C(c1ccc(N(C)C)cc1)c1cc(C)ccc1-2. The summed E-state index contributed by atoms with van der Waals surface area (Å²) in [6.07, 6.45) is 4.20. The molecule has 0 radical (unpaired) electrons. The number of benzene rings is 11. The first-order valence-electron chi connectivity index (χ1n) is 46.8. The lowest BCUT2D eigenvalue weighted by atomic mass is 9.67. The number of fused-ring (bicyclic) bond motifs is 9. The first kappa shape index (κ1) is 132. The lowest BCUT2D eigenvalue weighted by Crippen LogP contribution is -2.34. The van der Waals surface area contributed by atoms with E-state index in [2.05, 4.69) is 566 Å². The van der Waals surface area contributed by atoms with Gasteiger partial charge in [0.15, 0.2) is 0 Å². The number of furan rings is 1. The van der Waals surface area contributed by atoms with Crippen molar-refractivity contribution in [2.75, 3.05) is 211 Å². The van der Waals surface area contributed by atoms with Gasteiger partial charge in [-0.2, -0.15) is 0 Å². The molecule has 3 aliphatic carbocycles. The summed E-state index contributed by atoms with van der Waals surface area (Å²) in [7, 11) is 40.9. The van der Waals surface area contributed by atoms with Crippen LogP contribution in [-0.4, -0.2) is 201 Å². The van der Waals surface area contributed by atoms with Crippen molar-refractivity contribution in [2.45, 2.75) is 113 Å². The van der Waals surface area contributed by atoms with Gasteiger partial charge in [0, 0.05) is 135 Å². The fourth-order valence-corrected chi connectivity index (χ4v) is 17.6. The molecule has 20 heteroatoms. The van der Waals surface area contributed by atoms with E-state index < -0.39 is 0 Å². The van der Waals surface area contributed by atoms with E-state index in [0.717, 1.165) is 27.2 Å². The molecule has 0 atom stereocenters. The first-order valence-corrected chi connectivity index (χ1v) is 59.5. The summed E-state index contributed by atoms with van der Waals surface area (Å²) >= 11 is 28.2. The van der Waals surface area contributed by atoms with Crippen LogP contribution in [0.3, 0.4) is 0 Å². The Morgan fingerprint density at radius 2 is 0.648 bits per heavy atom.